The van der Waals surface area contributed by atoms with Gasteiger partial charge in [-0.15, -0.1) is 0 Å². The molecule has 4 aromatic rings. The summed E-state index contributed by atoms with van der Waals surface area (Å²) in [6.45, 7) is 3.72. The summed E-state index contributed by atoms with van der Waals surface area (Å²) in [5.74, 6) is 1.39. The van der Waals surface area contributed by atoms with E-state index in [1.54, 1.807) is 0 Å². The predicted octanol–water partition coefficient (Wildman–Crippen LogP) is 4.18. The summed E-state index contributed by atoms with van der Waals surface area (Å²) in [5.41, 5.74) is 5.85. The molecule has 0 aliphatic rings. The molecule has 0 bridgehead atoms. The van der Waals surface area contributed by atoms with Gasteiger partial charge in [-0.05, 0) is 41.8 Å². The molecule has 0 unspecified atom stereocenters. The molecule has 2 heterocycles. The Kier molecular flexibility index (Phi) is 2.57. The number of hydrogen-bond acceptors (Lipinski definition) is 4. The number of hydrogen-bond donors (Lipinski definition) is 0. The van der Waals surface area contributed by atoms with Crippen molar-refractivity contribution in [2.75, 3.05) is 0 Å². The standard InChI is InChI=1S/C17H14N2O2/c1-10-18-14-5-3-12(8-16(14)20-10)7-13-4-6-15-17(9-13)21-11(2)19-15/h3-6,8-9H,7H2,1-2H3. The van der Waals surface area contributed by atoms with Crippen molar-refractivity contribution in [2.24, 2.45) is 0 Å². The number of rotatable bonds is 2. The molecule has 0 saturated carbocycles. The first kappa shape index (κ1) is 12.1. The molecule has 2 aromatic carbocycles. The van der Waals surface area contributed by atoms with Gasteiger partial charge in [0.2, 0.25) is 0 Å². The lowest BCUT2D eigenvalue weighted by Gasteiger charge is -2.01. The van der Waals surface area contributed by atoms with Gasteiger partial charge in [0.25, 0.3) is 0 Å². The van der Waals surface area contributed by atoms with E-state index in [-0.39, 0.29) is 0 Å². The predicted molar refractivity (Wildman–Crippen MR) is 80.3 cm³/mol. The van der Waals surface area contributed by atoms with Crippen molar-refractivity contribution >= 4 is 22.2 Å². The second-order valence-corrected chi connectivity index (χ2v) is 5.25. The van der Waals surface area contributed by atoms with Crippen LogP contribution in [0, 0.1) is 13.8 Å². The Labute approximate surface area is 121 Å². The molecule has 0 aliphatic heterocycles. The fourth-order valence-corrected chi connectivity index (χ4v) is 2.62. The molecule has 0 spiro atoms. The van der Waals surface area contributed by atoms with Gasteiger partial charge in [-0.1, -0.05) is 12.1 Å². The molecule has 104 valence electrons. The lowest BCUT2D eigenvalue weighted by atomic mass is 10.0. The minimum Gasteiger partial charge on any atom is -0.441 e. The SMILES string of the molecule is Cc1nc2ccc(Cc3ccc4nc(C)oc4c3)cc2o1. The van der Waals surface area contributed by atoms with E-state index in [9.17, 15) is 0 Å². The summed E-state index contributed by atoms with van der Waals surface area (Å²) in [4.78, 5) is 8.63. The van der Waals surface area contributed by atoms with Crippen LogP contribution in [0.15, 0.2) is 45.2 Å². The Bertz CT molecular complexity index is 872. The van der Waals surface area contributed by atoms with Gasteiger partial charge in [-0.2, -0.15) is 0 Å². The zero-order chi connectivity index (χ0) is 14.4. The Balaban J connectivity index is 1.70. The molecule has 0 saturated heterocycles. The lowest BCUT2D eigenvalue weighted by molar-refractivity contribution is 0.560. The van der Waals surface area contributed by atoms with E-state index >= 15 is 0 Å². The van der Waals surface area contributed by atoms with E-state index in [2.05, 4.69) is 22.1 Å². The molecular formula is C17H14N2O2. The summed E-state index contributed by atoms with van der Waals surface area (Å²) >= 11 is 0. The molecular weight excluding hydrogens is 264 g/mol. The fourth-order valence-electron chi connectivity index (χ4n) is 2.62. The van der Waals surface area contributed by atoms with Crippen LogP contribution in [0.4, 0.5) is 0 Å². The Hall–Kier alpha value is -2.62. The third-order valence-electron chi connectivity index (χ3n) is 3.53. The molecule has 0 N–H and O–H groups in total. The van der Waals surface area contributed by atoms with Crippen molar-refractivity contribution < 1.29 is 8.83 Å². The van der Waals surface area contributed by atoms with Gasteiger partial charge in [0.1, 0.15) is 11.0 Å². The van der Waals surface area contributed by atoms with E-state index < -0.39 is 0 Å². The van der Waals surface area contributed by atoms with Crippen LogP contribution >= 0.6 is 0 Å². The molecule has 0 amide bonds. The van der Waals surface area contributed by atoms with Crippen molar-refractivity contribution in [1.29, 1.82) is 0 Å². The van der Waals surface area contributed by atoms with Crippen LogP contribution in [0.3, 0.4) is 0 Å². The first-order valence-electron chi connectivity index (χ1n) is 6.89. The average Bonchev–Trinajstić information content (AvgIpc) is 2.98. The quantitative estimate of drug-likeness (QED) is 0.552. The Morgan fingerprint density at radius 3 is 1.71 bits per heavy atom. The highest BCUT2D eigenvalue weighted by atomic mass is 16.3. The largest absolute Gasteiger partial charge is 0.441 e. The fraction of sp³-hybridized carbons (Fsp3) is 0.176. The van der Waals surface area contributed by atoms with Crippen LogP contribution < -0.4 is 0 Å². The second-order valence-electron chi connectivity index (χ2n) is 5.25. The van der Waals surface area contributed by atoms with Crippen LogP contribution in [-0.4, -0.2) is 9.97 Å². The summed E-state index contributed by atoms with van der Waals surface area (Å²) in [6, 6.07) is 12.3. The monoisotopic (exact) mass is 278 g/mol. The highest BCUT2D eigenvalue weighted by molar-refractivity contribution is 5.75. The van der Waals surface area contributed by atoms with E-state index in [0.717, 1.165) is 28.6 Å². The van der Waals surface area contributed by atoms with E-state index in [1.807, 2.05) is 38.1 Å². The van der Waals surface area contributed by atoms with Crippen LogP contribution in [-0.2, 0) is 6.42 Å². The van der Waals surface area contributed by atoms with Crippen LogP contribution in [0.25, 0.3) is 22.2 Å². The second kappa shape index (κ2) is 4.45. The summed E-state index contributed by atoms with van der Waals surface area (Å²) < 4.78 is 11.2. The number of fused-ring (bicyclic) bond motifs is 2. The van der Waals surface area contributed by atoms with Gasteiger partial charge in [0.15, 0.2) is 22.9 Å². The topological polar surface area (TPSA) is 52.1 Å². The van der Waals surface area contributed by atoms with Gasteiger partial charge in [-0.25, -0.2) is 9.97 Å². The molecule has 4 rings (SSSR count). The van der Waals surface area contributed by atoms with E-state index in [0.29, 0.717) is 11.8 Å². The average molecular weight is 278 g/mol. The van der Waals surface area contributed by atoms with Crippen molar-refractivity contribution in [2.45, 2.75) is 20.3 Å². The smallest absolute Gasteiger partial charge is 0.192 e. The highest BCUT2D eigenvalue weighted by Crippen LogP contribution is 2.21. The first-order valence-corrected chi connectivity index (χ1v) is 6.89. The Morgan fingerprint density at radius 2 is 1.24 bits per heavy atom. The summed E-state index contributed by atoms with van der Waals surface area (Å²) in [6.07, 6.45) is 0.825. The van der Waals surface area contributed by atoms with E-state index in [4.69, 9.17) is 8.83 Å². The molecule has 2 aromatic heterocycles. The minimum atomic E-state index is 0.695. The third kappa shape index (κ3) is 2.18. The molecule has 21 heavy (non-hydrogen) atoms. The van der Waals surface area contributed by atoms with E-state index in [1.165, 1.54) is 11.1 Å². The van der Waals surface area contributed by atoms with Gasteiger partial charge >= 0.3 is 0 Å². The van der Waals surface area contributed by atoms with Crippen molar-refractivity contribution in [3.63, 3.8) is 0 Å². The zero-order valence-corrected chi connectivity index (χ0v) is 11.9. The van der Waals surface area contributed by atoms with Gasteiger partial charge in [-0.3, -0.25) is 0 Å². The number of benzene rings is 2. The van der Waals surface area contributed by atoms with Crippen molar-refractivity contribution in [3.05, 3.63) is 59.3 Å². The molecule has 0 aliphatic carbocycles. The number of oxazole rings is 2. The van der Waals surface area contributed by atoms with Crippen LogP contribution in [0.5, 0.6) is 0 Å². The molecule has 0 fully saturated rings. The normalized spacial score (nSPS) is 11.5. The molecule has 4 heteroatoms. The van der Waals surface area contributed by atoms with Crippen LogP contribution in [0.1, 0.15) is 22.9 Å². The maximum absolute atomic E-state index is 5.58. The lowest BCUT2D eigenvalue weighted by Crippen LogP contribution is -1.87. The molecule has 4 nitrogen and oxygen atoms in total. The summed E-state index contributed by atoms with van der Waals surface area (Å²) in [7, 11) is 0. The zero-order valence-electron chi connectivity index (χ0n) is 11.9. The van der Waals surface area contributed by atoms with Gasteiger partial charge < -0.3 is 8.83 Å². The molecule has 0 radical (unpaired) electrons. The summed E-state index contributed by atoms with van der Waals surface area (Å²) in [5, 5.41) is 0. The molecule has 0 atom stereocenters. The first-order chi connectivity index (χ1) is 10.2. The Morgan fingerprint density at radius 1 is 0.762 bits per heavy atom. The highest BCUT2D eigenvalue weighted by Gasteiger charge is 2.06. The van der Waals surface area contributed by atoms with Crippen molar-refractivity contribution in [1.82, 2.24) is 9.97 Å². The van der Waals surface area contributed by atoms with Crippen molar-refractivity contribution in [3.8, 4) is 0 Å². The van der Waals surface area contributed by atoms with Crippen LogP contribution in [0.2, 0.25) is 0 Å². The third-order valence-corrected chi connectivity index (χ3v) is 3.53. The van der Waals surface area contributed by atoms with Gasteiger partial charge in [0, 0.05) is 13.8 Å². The van der Waals surface area contributed by atoms with Gasteiger partial charge in [0.05, 0.1) is 0 Å². The maximum Gasteiger partial charge on any atom is 0.192 e. The number of aromatic nitrogens is 2. The minimum absolute atomic E-state index is 0.695. The number of nitrogens with zero attached hydrogens (tertiary/aromatic N) is 2. The number of aryl methyl sites for hydroxylation is 2. The maximum atomic E-state index is 5.58.